The molecule has 0 aliphatic rings. The second-order valence-corrected chi connectivity index (χ2v) is 3.80. The van der Waals surface area contributed by atoms with E-state index in [-0.39, 0.29) is 5.82 Å². The number of anilines is 1. The standard InChI is InChI=1S/C14H14FNO2/c1-17-10-4-6-14(18-2)12(8-10)11-7-9(15)3-5-13(11)16/h3-8H,16H2,1-2H3. The number of hydrogen-bond acceptors (Lipinski definition) is 3. The summed E-state index contributed by atoms with van der Waals surface area (Å²) in [4.78, 5) is 0. The maximum Gasteiger partial charge on any atom is 0.127 e. The van der Waals surface area contributed by atoms with Crippen molar-refractivity contribution in [2.75, 3.05) is 20.0 Å². The van der Waals surface area contributed by atoms with Crippen LogP contribution in [0, 0.1) is 5.82 Å². The minimum Gasteiger partial charge on any atom is -0.497 e. The SMILES string of the molecule is COc1ccc(OC)c(-c2cc(F)ccc2N)c1. The van der Waals surface area contributed by atoms with Gasteiger partial charge in [0.1, 0.15) is 17.3 Å². The fourth-order valence-electron chi connectivity index (χ4n) is 1.79. The summed E-state index contributed by atoms with van der Waals surface area (Å²) < 4.78 is 23.7. The second-order valence-electron chi connectivity index (χ2n) is 3.80. The van der Waals surface area contributed by atoms with E-state index in [2.05, 4.69) is 0 Å². The van der Waals surface area contributed by atoms with Crippen LogP contribution in [-0.4, -0.2) is 14.2 Å². The smallest absolute Gasteiger partial charge is 0.127 e. The molecule has 0 aromatic heterocycles. The number of nitrogens with two attached hydrogens (primary N) is 1. The zero-order valence-corrected chi connectivity index (χ0v) is 10.2. The quantitative estimate of drug-likeness (QED) is 0.848. The van der Waals surface area contributed by atoms with E-state index >= 15 is 0 Å². The minimum absolute atomic E-state index is 0.343. The molecule has 2 rings (SSSR count). The molecule has 0 spiro atoms. The van der Waals surface area contributed by atoms with Gasteiger partial charge in [-0.3, -0.25) is 0 Å². The fourth-order valence-corrected chi connectivity index (χ4v) is 1.79. The molecule has 0 atom stereocenters. The highest BCUT2D eigenvalue weighted by molar-refractivity contribution is 5.81. The van der Waals surface area contributed by atoms with Crippen LogP contribution in [0.4, 0.5) is 10.1 Å². The highest BCUT2D eigenvalue weighted by atomic mass is 19.1. The van der Waals surface area contributed by atoms with Gasteiger partial charge in [-0.05, 0) is 36.4 Å². The third kappa shape index (κ3) is 2.22. The van der Waals surface area contributed by atoms with E-state index in [1.54, 1.807) is 32.4 Å². The van der Waals surface area contributed by atoms with Crippen molar-refractivity contribution in [3.05, 3.63) is 42.2 Å². The molecule has 0 bridgehead atoms. The van der Waals surface area contributed by atoms with Gasteiger partial charge in [-0.15, -0.1) is 0 Å². The first kappa shape index (κ1) is 12.2. The van der Waals surface area contributed by atoms with E-state index < -0.39 is 0 Å². The van der Waals surface area contributed by atoms with Crippen molar-refractivity contribution in [3.8, 4) is 22.6 Å². The molecule has 4 heteroatoms. The first-order chi connectivity index (χ1) is 8.65. The average Bonchev–Trinajstić information content (AvgIpc) is 2.40. The molecule has 0 aliphatic carbocycles. The van der Waals surface area contributed by atoms with Gasteiger partial charge in [0.25, 0.3) is 0 Å². The summed E-state index contributed by atoms with van der Waals surface area (Å²) in [6, 6.07) is 9.54. The Morgan fingerprint density at radius 2 is 1.72 bits per heavy atom. The molecule has 0 radical (unpaired) electrons. The fraction of sp³-hybridized carbons (Fsp3) is 0.143. The lowest BCUT2D eigenvalue weighted by Crippen LogP contribution is -1.95. The van der Waals surface area contributed by atoms with E-state index in [1.165, 1.54) is 18.2 Å². The Labute approximate surface area is 105 Å². The van der Waals surface area contributed by atoms with Crippen LogP contribution >= 0.6 is 0 Å². The third-order valence-electron chi connectivity index (χ3n) is 2.71. The predicted octanol–water partition coefficient (Wildman–Crippen LogP) is 3.09. The molecule has 0 fully saturated rings. The number of halogens is 1. The summed E-state index contributed by atoms with van der Waals surface area (Å²) >= 11 is 0. The van der Waals surface area contributed by atoms with Gasteiger partial charge in [0.15, 0.2) is 0 Å². The van der Waals surface area contributed by atoms with Crippen LogP contribution in [-0.2, 0) is 0 Å². The van der Waals surface area contributed by atoms with Gasteiger partial charge in [-0.2, -0.15) is 0 Å². The summed E-state index contributed by atoms with van der Waals surface area (Å²) in [6.45, 7) is 0. The van der Waals surface area contributed by atoms with Crippen LogP contribution < -0.4 is 15.2 Å². The Hall–Kier alpha value is -2.23. The molecule has 0 amide bonds. The largest absolute Gasteiger partial charge is 0.497 e. The summed E-state index contributed by atoms with van der Waals surface area (Å²) in [5.74, 6) is 0.937. The lowest BCUT2D eigenvalue weighted by molar-refractivity contribution is 0.404. The summed E-state index contributed by atoms with van der Waals surface area (Å²) in [5, 5.41) is 0. The van der Waals surface area contributed by atoms with Crippen LogP contribution in [0.15, 0.2) is 36.4 Å². The van der Waals surface area contributed by atoms with Gasteiger partial charge in [-0.1, -0.05) is 0 Å². The third-order valence-corrected chi connectivity index (χ3v) is 2.71. The van der Waals surface area contributed by atoms with E-state index in [9.17, 15) is 4.39 Å². The van der Waals surface area contributed by atoms with E-state index in [0.29, 0.717) is 28.3 Å². The van der Waals surface area contributed by atoms with Gasteiger partial charge < -0.3 is 15.2 Å². The molecule has 18 heavy (non-hydrogen) atoms. The molecule has 0 unspecified atom stereocenters. The van der Waals surface area contributed by atoms with Crippen molar-refractivity contribution in [1.82, 2.24) is 0 Å². The molecular weight excluding hydrogens is 233 g/mol. The van der Waals surface area contributed by atoms with Crippen LogP contribution in [0.2, 0.25) is 0 Å². The number of hydrogen-bond donors (Lipinski definition) is 1. The predicted molar refractivity (Wildman–Crippen MR) is 69.4 cm³/mol. The maximum absolute atomic E-state index is 13.3. The van der Waals surface area contributed by atoms with Gasteiger partial charge in [0, 0.05) is 16.8 Å². The number of methoxy groups -OCH3 is 2. The zero-order valence-electron chi connectivity index (χ0n) is 10.2. The van der Waals surface area contributed by atoms with Gasteiger partial charge in [-0.25, -0.2) is 4.39 Å². The van der Waals surface area contributed by atoms with Crippen molar-refractivity contribution in [3.63, 3.8) is 0 Å². The lowest BCUT2D eigenvalue weighted by Gasteiger charge is -2.12. The molecule has 3 nitrogen and oxygen atoms in total. The number of ether oxygens (including phenoxy) is 2. The molecule has 2 N–H and O–H groups in total. The number of nitrogen functional groups attached to an aromatic ring is 1. The molecule has 94 valence electrons. The molecule has 2 aromatic rings. The zero-order chi connectivity index (χ0) is 13.1. The van der Waals surface area contributed by atoms with Crippen molar-refractivity contribution < 1.29 is 13.9 Å². The van der Waals surface area contributed by atoms with Crippen molar-refractivity contribution >= 4 is 5.69 Å². The molecular formula is C14H14FNO2. The number of rotatable bonds is 3. The number of benzene rings is 2. The Bertz CT molecular complexity index is 570. The topological polar surface area (TPSA) is 44.5 Å². The van der Waals surface area contributed by atoms with Crippen LogP contribution in [0.3, 0.4) is 0 Å². The van der Waals surface area contributed by atoms with Gasteiger partial charge >= 0.3 is 0 Å². The van der Waals surface area contributed by atoms with Crippen LogP contribution in [0.25, 0.3) is 11.1 Å². The van der Waals surface area contributed by atoms with Gasteiger partial charge in [0.05, 0.1) is 14.2 Å². The van der Waals surface area contributed by atoms with Crippen molar-refractivity contribution in [2.24, 2.45) is 0 Å². The van der Waals surface area contributed by atoms with Crippen LogP contribution in [0.1, 0.15) is 0 Å². The minimum atomic E-state index is -0.343. The molecule has 0 heterocycles. The normalized spacial score (nSPS) is 10.2. The summed E-state index contributed by atoms with van der Waals surface area (Å²) in [7, 11) is 3.13. The highest BCUT2D eigenvalue weighted by Crippen LogP contribution is 2.36. The highest BCUT2D eigenvalue weighted by Gasteiger charge is 2.11. The first-order valence-corrected chi connectivity index (χ1v) is 5.43. The summed E-state index contributed by atoms with van der Waals surface area (Å²) in [6.07, 6.45) is 0. The lowest BCUT2D eigenvalue weighted by atomic mass is 10.0. The second kappa shape index (κ2) is 4.96. The monoisotopic (exact) mass is 247 g/mol. The van der Waals surface area contributed by atoms with Gasteiger partial charge in [0.2, 0.25) is 0 Å². The molecule has 2 aromatic carbocycles. The first-order valence-electron chi connectivity index (χ1n) is 5.43. The average molecular weight is 247 g/mol. The molecule has 0 aliphatic heterocycles. The van der Waals surface area contributed by atoms with Crippen molar-refractivity contribution in [1.29, 1.82) is 0 Å². The van der Waals surface area contributed by atoms with E-state index in [1.807, 2.05) is 0 Å². The van der Waals surface area contributed by atoms with E-state index in [0.717, 1.165) is 0 Å². The Kier molecular flexibility index (Phi) is 3.37. The maximum atomic E-state index is 13.3. The van der Waals surface area contributed by atoms with E-state index in [4.69, 9.17) is 15.2 Å². The molecule has 0 saturated heterocycles. The van der Waals surface area contributed by atoms with Crippen molar-refractivity contribution in [2.45, 2.75) is 0 Å². The molecule has 0 saturated carbocycles. The Morgan fingerprint density at radius 1 is 0.944 bits per heavy atom. The van der Waals surface area contributed by atoms with Crippen LogP contribution in [0.5, 0.6) is 11.5 Å². The Balaban J connectivity index is 2.64. The summed E-state index contributed by atoms with van der Waals surface area (Å²) in [5.41, 5.74) is 7.65. The Morgan fingerprint density at radius 3 is 2.39 bits per heavy atom.